The van der Waals surface area contributed by atoms with E-state index >= 15 is 0 Å². The van der Waals surface area contributed by atoms with Crippen molar-refractivity contribution in [3.8, 4) is 17.0 Å². The van der Waals surface area contributed by atoms with E-state index < -0.39 is 6.04 Å². The Labute approximate surface area is 207 Å². The Morgan fingerprint density at radius 1 is 1.03 bits per heavy atom. The van der Waals surface area contributed by atoms with Gasteiger partial charge in [0.05, 0.1) is 17.8 Å². The van der Waals surface area contributed by atoms with Crippen LogP contribution in [0.25, 0.3) is 22.2 Å². The molecular formula is C27H36N4O4. The molecule has 0 aliphatic rings. The number of aromatic nitrogens is 1. The number of aldehydes is 1. The number of ether oxygens (including phenoxy) is 1. The van der Waals surface area contributed by atoms with Gasteiger partial charge < -0.3 is 24.0 Å². The molecule has 3 aromatic rings. The predicted octanol–water partition coefficient (Wildman–Crippen LogP) is 3.67. The number of benzene rings is 2. The number of carbonyl (C=O) groups excluding carboxylic acids is 3. The summed E-state index contributed by atoms with van der Waals surface area (Å²) in [6, 6.07) is 12.6. The number of carbonyl (C=O) groups is 3. The second kappa shape index (κ2) is 12.2. The number of hydrogen-bond donors (Lipinski definition) is 0. The maximum Gasteiger partial charge on any atom is 0.249 e. The Balaban J connectivity index is 0.00000100. The maximum absolute atomic E-state index is 12.6. The number of rotatable bonds is 8. The van der Waals surface area contributed by atoms with Crippen molar-refractivity contribution in [2.24, 2.45) is 7.05 Å². The number of amides is 2. The first kappa shape index (κ1) is 27.6. The summed E-state index contributed by atoms with van der Waals surface area (Å²) < 4.78 is 7.58. The van der Waals surface area contributed by atoms with Gasteiger partial charge >= 0.3 is 0 Å². The zero-order chi connectivity index (χ0) is 26.3. The highest BCUT2D eigenvalue weighted by atomic mass is 16.5. The molecule has 0 radical (unpaired) electrons. The number of nitrogens with zero attached hydrogens (tertiary/aromatic N) is 4. The lowest BCUT2D eigenvalue weighted by Gasteiger charge is -2.25. The van der Waals surface area contributed by atoms with Crippen molar-refractivity contribution in [3.63, 3.8) is 0 Å². The fourth-order valence-electron chi connectivity index (χ4n) is 3.69. The number of aryl methyl sites for hydroxylation is 1. The van der Waals surface area contributed by atoms with E-state index in [1.165, 1.54) is 9.80 Å². The normalized spacial score (nSPS) is 11.5. The maximum atomic E-state index is 12.6. The third kappa shape index (κ3) is 6.27. The summed E-state index contributed by atoms with van der Waals surface area (Å²) in [4.78, 5) is 40.4. The average molecular weight is 481 g/mol. The summed E-state index contributed by atoms with van der Waals surface area (Å²) >= 11 is 0. The molecule has 0 bridgehead atoms. The highest BCUT2D eigenvalue weighted by Gasteiger charge is 2.22. The number of likely N-dealkylation sites (N-methyl/N-ethyl adjacent to an activating group) is 2. The van der Waals surface area contributed by atoms with Gasteiger partial charge in [0, 0.05) is 43.8 Å². The molecule has 8 nitrogen and oxygen atoms in total. The van der Waals surface area contributed by atoms with E-state index in [0.29, 0.717) is 24.3 Å². The summed E-state index contributed by atoms with van der Waals surface area (Å²) in [5.74, 6) is 0.563. The van der Waals surface area contributed by atoms with Crippen LogP contribution in [0, 0.1) is 0 Å². The van der Waals surface area contributed by atoms with Crippen molar-refractivity contribution in [1.29, 1.82) is 0 Å². The second-order valence-corrected chi connectivity index (χ2v) is 8.78. The molecule has 0 aliphatic carbocycles. The third-order valence-electron chi connectivity index (χ3n) is 5.63. The van der Waals surface area contributed by atoms with Crippen molar-refractivity contribution in [3.05, 3.63) is 48.0 Å². The van der Waals surface area contributed by atoms with Crippen LogP contribution in [0.5, 0.6) is 5.75 Å². The van der Waals surface area contributed by atoms with Crippen LogP contribution in [0.15, 0.2) is 42.5 Å². The highest BCUT2D eigenvalue weighted by Crippen LogP contribution is 2.34. The Kier molecular flexibility index (Phi) is 9.59. The molecule has 1 heterocycles. The molecule has 35 heavy (non-hydrogen) atoms. The SMILES string of the molecule is CCOc1ccc2c(C=O)c(-c3ccc(N(C)C(=O)C(C)N(C)C=O)cc3)n(C)c2c1.CN(C)C. The van der Waals surface area contributed by atoms with Gasteiger partial charge in [-0.05, 0) is 64.8 Å². The minimum atomic E-state index is -0.568. The lowest BCUT2D eigenvalue weighted by Crippen LogP contribution is -2.43. The molecule has 2 amide bonds. The fraction of sp³-hybridized carbons (Fsp3) is 0.370. The van der Waals surface area contributed by atoms with Crippen LogP contribution in [0.3, 0.4) is 0 Å². The lowest BCUT2D eigenvalue weighted by atomic mass is 10.1. The Morgan fingerprint density at radius 3 is 2.14 bits per heavy atom. The van der Waals surface area contributed by atoms with Gasteiger partial charge in [-0.1, -0.05) is 12.1 Å². The molecule has 1 atom stereocenters. The van der Waals surface area contributed by atoms with Gasteiger partial charge in [-0.15, -0.1) is 0 Å². The first-order valence-corrected chi connectivity index (χ1v) is 11.4. The van der Waals surface area contributed by atoms with Crippen LogP contribution in [-0.2, 0) is 16.6 Å². The van der Waals surface area contributed by atoms with Gasteiger partial charge in [-0.3, -0.25) is 14.4 Å². The van der Waals surface area contributed by atoms with E-state index in [9.17, 15) is 14.4 Å². The molecular weight excluding hydrogens is 444 g/mol. The van der Waals surface area contributed by atoms with Crippen LogP contribution in [0.4, 0.5) is 5.69 Å². The molecule has 0 fully saturated rings. The topological polar surface area (TPSA) is 75.1 Å². The minimum absolute atomic E-state index is 0.191. The summed E-state index contributed by atoms with van der Waals surface area (Å²) in [5.41, 5.74) is 3.88. The zero-order valence-corrected chi connectivity index (χ0v) is 21.9. The van der Waals surface area contributed by atoms with E-state index in [4.69, 9.17) is 4.74 Å². The van der Waals surface area contributed by atoms with Gasteiger partial charge in [0.25, 0.3) is 0 Å². The minimum Gasteiger partial charge on any atom is -0.494 e. The summed E-state index contributed by atoms with van der Waals surface area (Å²) in [6.45, 7) is 4.18. The van der Waals surface area contributed by atoms with Crippen LogP contribution < -0.4 is 9.64 Å². The molecule has 188 valence electrons. The quantitative estimate of drug-likeness (QED) is 0.460. The summed E-state index contributed by atoms with van der Waals surface area (Å²) in [5, 5.41) is 0.859. The third-order valence-corrected chi connectivity index (χ3v) is 5.63. The molecule has 0 aliphatic heterocycles. The molecule has 1 aromatic heterocycles. The van der Waals surface area contributed by atoms with E-state index in [1.54, 1.807) is 21.0 Å². The van der Waals surface area contributed by atoms with Gasteiger partial charge in [0.1, 0.15) is 11.8 Å². The van der Waals surface area contributed by atoms with Gasteiger partial charge in [-0.25, -0.2) is 0 Å². The largest absolute Gasteiger partial charge is 0.494 e. The molecule has 2 aromatic carbocycles. The van der Waals surface area contributed by atoms with Crippen molar-refractivity contribution < 1.29 is 19.1 Å². The van der Waals surface area contributed by atoms with E-state index in [0.717, 1.165) is 34.2 Å². The summed E-state index contributed by atoms with van der Waals surface area (Å²) in [6.07, 6.45) is 1.51. The molecule has 1 unspecified atom stereocenters. The van der Waals surface area contributed by atoms with Crippen LogP contribution in [-0.4, -0.2) is 80.9 Å². The first-order valence-electron chi connectivity index (χ1n) is 11.4. The fourth-order valence-corrected chi connectivity index (χ4v) is 3.69. The highest BCUT2D eigenvalue weighted by molar-refractivity contribution is 6.05. The lowest BCUT2D eigenvalue weighted by molar-refractivity contribution is -0.129. The molecule has 0 saturated heterocycles. The summed E-state index contributed by atoms with van der Waals surface area (Å²) in [7, 11) is 11.2. The zero-order valence-electron chi connectivity index (χ0n) is 21.9. The van der Waals surface area contributed by atoms with Crippen LogP contribution in [0.2, 0.25) is 0 Å². The predicted molar refractivity (Wildman–Crippen MR) is 141 cm³/mol. The number of anilines is 1. The van der Waals surface area contributed by atoms with E-state index in [1.807, 2.05) is 87.0 Å². The molecule has 3 rings (SSSR count). The van der Waals surface area contributed by atoms with Crippen molar-refractivity contribution in [2.75, 3.05) is 46.7 Å². The Bertz CT molecular complexity index is 1170. The van der Waals surface area contributed by atoms with E-state index in [2.05, 4.69) is 0 Å². The van der Waals surface area contributed by atoms with Crippen molar-refractivity contribution in [1.82, 2.24) is 14.4 Å². The number of fused-ring (bicyclic) bond motifs is 1. The van der Waals surface area contributed by atoms with Gasteiger partial charge in [-0.2, -0.15) is 0 Å². The number of hydrogen-bond acceptors (Lipinski definition) is 5. The molecule has 8 heteroatoms. The van der Waals surface area contributed by atoms with Crippen molar-refractivity contribution >= 4 is 35.2 Å². The van der Waals surface area contributed by atoms with Gasteiger partial charge in [0.15, 0.2) is 6.29 Å². The molecule has 0 spiro atoms. The second-order valence-electron chi connectivity index (χ2n) is 8.78. The smallest absolute Gasteiger partial charge is 0.249 e. The standard InChI is InChI=1S/C24H27N3O4.C3H9N/c1-6-31-19-11-12-20-21(14-28)23(27(5)22(20)13-19)17-7-9-18(10-8-17)26(4)24(30)16(2)25(3)15-29;1-4(2)3/h7-16H,6H2,1-5H3;1-3H3. The average Bonchev–Trinajstić information content (AvgIpc) is 3.13. The van der Waals surface area contributed by atoms with Crippen molar-refractivity contribution in [2.45, 2.75) is 19.9 Å². The monoisotopic (exact) mass is 480 g/mol. The molecule has 0 saturated carbocycles. The van der Waals surface area contributed by atoms with E-state index in [-0.39, 0.29) is 5.91 Å². The van der Waals surface area contributed by atoms with Crippen LogP contribution >= 0.6 is 0 Å². The Morgan fingerprint density at radius 2 is 1.63 bits per heavy atom. The molecule has 0 N–H and O–H groups in total. The Hall–Kier alpha value is -3.65. The van der Waals surface area contributed by atoms with Gasteiger partial charge in [0.2, 0.25) is 12.3 Å². The first-order chi connectivity index (χ1) is 16.6. The van der Waals surface area contributed by atoms with Crippen LogP contribution in [0.1, 0.15) is 24.2 Å².